The molecule has 6 nitrogen and oxygen atoms in total. The van der Waals surface area contributed by atoms with Crippen molar-refractivity contribution in [2.45, 2.75) is 65.1 Å². The van der Waals surface area contributed by atoms with Gasteiger partial charge in [-0.25, -0.2) is 4.79 Å². The number of nitrogens with zero attached hydrogens (tertiary/aromatic N) is 3. The van der Waals surface area contributed by atoms with Crippen molar-refractivity contribution in [2.75, 3.05) is 13.1 Å². The molecule has 2 saturated heterocycles. The second kappa shape index (κ2) is 6.89. The van der Waals surface area contributed by atoms with E-state index in [4.69, 9.17) is 4.74 Å². The number of piperidine rings is 1. The molecule has 2 aliphatic heterocycles. The van der Waals surface area contributed by atoms with Crippen molar-refractivity contribution >= 4 is 12.0 Å². The number of hydrogen-bond donors (Lipinski definition) is 0. The van der Waals surface area contributed by atoms with E-state index in [2.05, 4.69) is 11.9 Å². The molecule has 6 heteroatoms. The second-order valence-corrected chi connectivity index (χ2v) is 8.63. The van der Waals surface area contributed by atoms with Crippen LogP contribution in [0, 0.1) is 5.41 Å². The van der Waals surface area contributed by atoms with Gasteiger partial charge >= 0.3 is 6.09 Å². The lowest BCUT2D eigenvalue weighted by Gasteiger charge is -2.39. The van der Waals surface area contributed by atoms with Crippen LogP contribution >= 0.6 is 0 Å². The SMILES string of the molecule is CC1CC2(CCCN(C(=O)OC(C)(C)C)C2)C(=O)N1Cc1ccncc1. The Kier molecular flexibility index (Phi) is 4.95. The Morgan fingerprint density at radius 1 is 1.35 bits per heavy atom. The van der Waals surface area contributed by atoms with Crippen LogP contribution in [0.2, 0.25) is 0 Å². The van der Waals surface area contributed by atoms with Crippen molar-refractivity contribution in [3.8, 4) is 0 Å². The molecule has 0 aromatic carbocycles. The largest absolute Gasteiger partial charge is 0.444 e. The lowest BCUT2D eigenvalue weighted by molar-refractivity contribution is -0.139. The van der Waals surface area contributed by atoms with Crippen LogP contribution in [-0.4, -0.2) is 51.5 Å². The van der Waals surface area contributed by atoms with E-state index in [1.54, 1.807) is 17.3 Å². The number of rotatable bonds is 2. The van der Waals surface area contributed by atoms with Crippen LogP contribution in [-0.2, 0) is 16.1 Å². The molecular formula is C20H29N3O3. The summed E-state index contributed by atoms with van der Waals surface area (Å²) >= 11 is 0. The van der Waals surface area contributed by atoms with Gasteiger partial charge in [-0.3, -0.25) is 9.78 Å². The average molecular weight is 359 g/mol. The molecule has 1 spiro atoms. The Balaban J connectivity index is 1.73. The summed E-state index contributed by atoms with van der Waals surface area (Å²) in [6.07, 6.45) is 5.64. The van der Waals surface area contributed by atoms with E-state index in [1.807, 2.05) is 37.8 Å². The molecule has 2 unspecified atom stereocenters. The summed E-state index contributed by atoms with van der Waals surface area (Å²) in [5.41, 5.74) is 0.0842. The van der Waals surface area contributed by atoms with Gasteiger partial charge in [0.05, 0.1) is 5.41 Å². The van der Waals surface area contributed by atoms with Crippen LogP contribution < -0.4 is 0 Å². The summed E-state index contributed by atoms with van der Waals surface area (Å²) in [5, 5.41) is 0. The van der Waals surface area contributed by atoms with Crippen LogP contribution in [0.25, 0.3) is 0 Å². The third-order valence-corrected chi connectivity index (χ3v) is 5.26. The summed E-state index contributed by atoms with van der Waals surface area (Å²) in [6, 6.07) is 4.05. The predicted molar refractivity (Wildman–Crippen MR) is 98.3 cm³/mol. The van der Waals surface area contributed by atoms with Crippen LogP contribution in [0.5, 0.6) is 0 Å². The highest BCUT2D eigenvalue weighted by atomic mass is 16.6. The summed E-state index contributed by atoms with van der Waals surface area (Å²) in [7, 11) is 0. The van der Waals surface area contributed by atoms with Crippen LogP contribution in [0.3, 0.4) is 0 Å². The minimum Gasteiger partial charge on any atom is -0.444 e. The van der Waals surface area contributed by atoms with Gasteiger partial charge in [0.15, 0.2) is 0 Å². The van der Waals surface area contributed by atoms with Gasteiger partial charge in [0.2, 0.25) is 5.91 Å². The van der Waals surface area contributed by atoms with E-state index in [1.165, 1.54) is 0 Å². The highest BCUT2D eigenvalue weighted by Crippen LogP contribution is 2.43. The molecule has 0 N–H and O–H groups in total. The first-order valence-corrected chi connectivity index (χ1v) is 9.38. The minimum absolute atomic E-state index is 0.161. The number of likely N-dealkylation sites (tertiary alicyclic amines) is 2. The van der Waals surface area contributed by atoms with Gasteiger partial charge < -0.3 is 14.5 Å². The zero-order chi connectivity index (χ0) is 18.9. The first-order chi connectivity index (χ1) is 12.2. The average Bonchev–Trinajstić information content (AvgIpc) is 2.78. The van der Waals surface area contributed by atoms with Gasteiger partial charge in [-0.2, -0.15) is 0 Å². The number of carbonyl (C=O) groups is 2. The fourth-order valence-electron chi connectivity index (χ4n) is 4.14. The maximum absolute atomic E-state index is 13.3. The maximum atomic E-state index is 13.3. The molecule has 1 aromatic heterocycles. The van der Waals surface area contributed by atoms with Crippen LogP contribution in [0.1, 0.15) is 52.5 Å². The van der Waals surface area contributed by atoms with Crippen molar-refractivity contribution in [3.63, 3.8) is 0 Å². The first-order valence-electron chi connectivity index (χ1n) is 9.38. The molecule has 3 heterocycles. The molecule has 2 atom stereocenters. The van der Waals surface area contributed by atoms with E-state index in [-0.39, 0.29) is 18.0 Å². The number of amides is 2. The van der Waals surface area contributed by atoms with E-state index >= 15 is 0 Å². The van der Waals surface area contributed by atoms with Gasteiger partial charge in [-0.1, -0.05) is 0 Å². The van der Waals surface area contributed by atoms with Crippen molar-refractivity contribution in [2.24, 2.45) is 5.41 Å². The van der Waals surface area contributed by atoms with Gasteiger partial charge in [-0.15, -0.1) is 0 Å². The molecule has 2 amide bonds. The molecule has 1 aromatic rings. The summed E-state index contributed by atoms with van der Waals surface area (Å²) in [6.45, 7) is 9.40. The quantitative estimate of drug-likeness (QED) is 0.813. The Morgan fingerprint density at radius 2 is 2.04 bits per heavy atom. The Hall–Kier alpha value is -2.11. The summed E-state index contributed by atoms with van der Waals surface area (Å²) in [4.78, 5) is 33.5. The van der Waals surface area contributed by atoms with Gasteiger partial charge in [0.25, 0.3) is 0 Å². The predicted octanol–water partition coefficient (Wildman–Crippen LogP) is 3.22. The summed E-state index contributed by atoms with van der Waals surface area (Å²) < 4.78 is 5.52. The lowest BCUT2D eigenvalue weighted by atomic mass is 9.77. The smallest absolute Gasteiger partial charge is 0.410 e. The van der Waals surface area contributed by atoms with E-state index in [0.29, 0.717) is 19.6 Å². The molecule has 2 fully saturated rings. The van der Waals surface area contributed by atoms with E-state index < -0.39 is 11.0 Å². The second-order valence-electron chi connectivity index (χ2n) is 8.63. The normalized spacial score (nSPS) is 26.5. The minimum atomic E-state index is -0.526. The highest BCUT2D eigenvalue weighted by Gasteiger charge is 2.52. The highest BCUT2D eigenvalue weighted by molar-refractivity contribution is 5.86. The number of ether oxygens (including phenoxy) is 1. The Bertz CT molecular complexity index is 671. The first kappa shape index (κ1) is 18.7. The molecule has 2 aliphatic rings. The molecule has 0 radical (unpaired) electrons. The van der Waals surface area contributed by atoms with Gasteiger partial charge in [-0.05, 0) is 64.7 Å². The third kappa shape index (κ3) is 3.84. The fourth-order valence-corrected chi connectivity index (χ4v) is 4.14. The van der Waals surface area contributed by atoms with Gasteiger partial charge in [0.1, 0.15) is 5.60 Å². The zero-order valence-corrected chi connectivity index (χ0v) is 16.2. The topological polar surface area (TPSA) is 62.7 Å². The molecule has 26 heavy (non-hydrogen) atoms. The zero-order valence-electron chi connectivity index (χ0n) is 16.2. The van der Waals surface area contributed by atoms with Gasteiger partial charge in [0, 0.05) is 38.1 Å². The fraction of sp³-hybridized carbons (Fsp3) is 0.650. The van der Waals surface area contributed by atoms with Crippen LogP contribution in [0.4, 0.5) is 4.79 Å². The van der Waals surface area contributed by atoms with Crippen molar-refractivity contribution in [1.82, 2.24) is 14.8 Å². The molecule has 0 saturated carbocycles. The van der Waals surface area contributed by atoms with Crippen molar-refractivity contribution in [1.29, 1.82) is 0 Å². The molecule has 3 rings (SSSR count). The lowest BCUT2D eigenvalue weighted by Crippen LogP contribution is -2.50. The molecule has 142 valence electrons. The van der Waals surface area contributed by atoms with Crippen molar-refractivity contribution in [3.05, 3.63) is 30.1 Å². The number of pyridine rings is 1. The van der Waals surface area contributed by atoms with E-state index in [0.717, 1.165) is 24.8 Å². The monoisotopic (exact) mass is 359 g/mol. The number of hydrogen-bond acceptors (Lipinski definition) is 4. The van der Waals surface area contributed by atoms with E-state index in [9.17, 15) is 9.59 Å². The Morgan fingerprint density at radius 3 is 2.69 bits per heavy atom. The number of aromatic nitrogens is 1. The van der Waals surface area contributed by atoms with Crippen molar-refractivity contribution < 1.29 is 14.3 Å². The molecule has 0 bridgehead atoms. The molecule has 0 aliphatic carbocycles. The molecular weight excluding hydrogens is 330 g/mol. The summed E-state index contributed by atoms with van der Waals surface area (Å²) in [5.74, 6) is 0.162. The standard InChI is InChI=1S/C20H29N3O3/c1-15-12-20(17(24)23(15)13-16-6-9-21-10-7-16)8-5-11-22(14-20)18(25)26-19(2,3)4/h6-7,9-10,15H,5,8,11-14H2,1-4H3. The third-order valence-electron chi connectivity index (χ3n) is 5.26. The maximum Gasteiger partial charge on any atom is 0.410 e. The Labute approximate surface area is 155 Å². The number of carbonyl (C=O) groups excluding carboxylic acids is 2. The van der Waals surface area contributed by atoms with Crippen LogP contribution in [0.15, 0.2) is 24.5 Å².